The SMILES string of the molecule is COCC(O)CNC(=O)c1[nH]c2ccccc2c1Br. The predicted molar refractivity (Wildman–Crippen MR) is 76.2 cm³/mol. The van der Waals surface area contributed by atoms with Crippen LogP contribution in [0.4, 0.5) is 0 Å². The van der Waals surface area contributed by atoms with Gasteiger partial charge < -0.3 is 20.1 Å². The Hall–Kier alpha value is -1.37. The van der Waals surface area contributed by atoms with Gasteiger partial charge in [0.1, 0.15) is 5.69 Å². The number of ether oxygens (including phenoxy) is 1. The van der Waals surface area contributed by atoms with E-state index in [1.807, 2.05) is 24.3 Å². The fraction of sp³-hybridized carbons (Fsp3) is 0.308. The van der Waals surface area contributed by atoms with Gasteiger partial charge in [0.25, 0.3) is 5.91 Å². The molecule has 2 rings (SSSR count). The molecular weight excluding hydrogens is 312 g/mol. The van der Waals surface area contributed by atoms with E-state index < -0.39 is 6.10 Å². The highest BCUT2D eigenvalue weighted by Gasteiger charge is 2.16. The van der Waals surface area contributed by atoms with Crippen molar-refractivity contribution in [2.75, 3.05) is 20.3 Å². The second-order valence-corrected chi connectivity index (χ2v) is 4.97. The monoisotopic (exact) mass is 326 g/mol. The van der Waals surface area contributed by atoms with Crippen LogP contribution in [-0.2, 0) is 4.74 Å². The van der Waals surface area contributed by atoms with Crippen molar-refractivity contribution >= 4 is 32.7 Å². The number of carbonyl (C=O) groups excluding carboxylic acids is 1. The van der Waals surface area contributed by atoms with E-state index in [0.29, 0.717) is 5.69 Å². The minimum Gasteiger partial charge on any atom is -0.389 e. The number of benzene rings is 1. The van der Waals surface area contributed by atoms with Gasteiger partial charge in [0.15, 0.2) is 0 Å². The van der Waals surface area contributed by atoms with Crippen LogP contribution in [0.3, 0.4) is 0 Å². The molecule has 3 N–H and O–H groups in total. The number of carbonyl (C=O) groups is 1. The van der Waals surface area contributed by atoms with Crippen molar-refractivity contribution in [3.05, 3.63) is 34.4 Å². The highest BCUT2D eigenvalue weighted by atomic mass is 79.9. The lowest BCUT2D eigenvalue weighted by Gasteiger charge is -2.10. The molecule has 1 atom stereocenters. The minimum absolute atomic E-state index is 0.147. The number of H-pyrrole nitrogens is 1. The molecule has 0 radical (unpaired) electrons. The molecule has 0 saturated heterocycles. The summed E-state index contributed by atoms with van der Waals surface area (Å²) in [6.07, 6.45) is -0.711. The molecule has 2 aromatic rings. The number of halogens is 1. The Morgan fingerprint density at radius 2 is 2.26 bits per heavy atom. The fourth-order valence-electron chi connectivity index (χ4n) is 1.81. The van der Waals surface area contributed by atoms with E-state index in [-0.39, 0.29) is 19.1 Å². The molecule has 0 bridgehead atoms. The van der Waals surface area contributed by atoms with E-state index in [9.17, 15) is 9.90 Å². The highest BCUT2D eigenvalue weighted by Crippen LogP contribution is 2.27. The summed E-state index contributed by atoms with van der Waals surface area (Å²) in [6, 6.07) is 7.63. The molecule has 0 aliphatic heterocycles. The number of aliphatic hydroxyl groups is 1. The second-order valence-electron chi connectivity index (χ2n) is 4.18. The lowest BCUT2D eigenvalue weighted by molar-refractivity contribution is 0.0608. The van der Waals surface area contributed by atoms with E-state index in [0.717, 1.165) is 15.4 Å². The highest BCUT2D eigenvalue weighted by molar-refractivity contribution is 9.10. The van der Waals surface area contributed by atoms with Gasteiger partial charge in [-0.05, 0) is 22.0 Å². The number of amides is 1. The van der Waals surface area contributed by atoms with Crippen molar-refractivity contribution in [3.63, 3.8) is 0 Å². The zero-order valence-electron chi connectivity index (χ0n) is 10.4. The molecule has 19 heavy (non-hydrogen) atoms. The van der Waals surface area contributed by atoms with Gasteiger partial charge in [0.2, 0.25) is 0 Å². The summed E-state index contributed by atoms with van der Waals surface area (Å²) in [5, 5.41) is 13.1. The van der Waals surface area contributed by atoms with Gasteiger partial charge >= 0.3 is 0 Å². The maximum Gasteiger partial charge on any atom is 0.269 e. The zero-order chi connectivity index (χ0) is 13.8. The molecule has 0 saturated carbocycles. The summed E-state index contributed by atoms with van der Waals surface area (Å²) in [4.78, 5) is 15.1. The largest absolute Gasteiger partial charge is 0.389 e. The normalized spacial score (nSPS) is 12.6. The van der Waals surface area contributed by atoms with Crippen LogP contribution in [0.1, 0.15) is 10.5 Å². The summed E-state index contributed by atoms with van der Waals surface area (Å²) in [6.45, 7) is 0.336. The predicted octanol–water partition coefficient (Wildman–Crippen LogP) is 1.67. The number of hydrogen-bond donors (Lipinski definition) is 3. The van der Waals surface area contributed by atoms with Gasteiger partial charge in [-0.2, -0.15) is 0 Å². The first-order valence-corrected chi connectivity index (χ1v) is 6.64. The average Bonchev–Trinajstić information content (AvgIpc) is 2.74. The summed E-state index contributed by atoms with van der Waals surface area (Å²) in [7, 11) is 1.50. The number of fused-ring (bicyclic) bond motifs is 1. The van der Waals surface area contributed by atoms with Gasteiger partial charge in [0.05, 0.1) is 17.2 Å². The van der Waals surface area contributed by atoms with Gasteiger partial charge in [0, 0.05) is 24.6 Å². The zero-order valence-corrected chi connectivity index (χ0v) is 12.0. The molecule has 1 unspecified atom stereocenters. The smallest absolute Gasteiger partial charge is 0.269 e. The number of nitrogens with one attached hydrogen (secondary N) is 2. The van der Waals surface area contributed by atoms with E-state index in [1.165, 1.54) is 7.11 Å². The molecule has 6 heteroatoms. The first-order chi connectivity index (χ1) is 9.13. The van der Waals surface area contributed by atoms with Crippen LogP contribution in [0, 0.1) is 0 Å². The van der Waals surface area contributed by atoms with Crippen molar-refractivity contribution in [1.29, 1.82) is 0 Å². The average molecular weight is 327 g/mol. The van der Waals surface area contributed by atoms with Gasteiger partial charge in [-0.25, -0.2) is 0 Å². The number of aliphatic hydroxyl groups excluding tert-OH is 1. The van der Waals surface area contributed by atoms with Crippen molar-refractivity contribution in [2.45, 2.75) is 6.10 Å². The number of hydrogen-bond acceptors (Lipinski definition) is 3. The fourth-order valence-corrected chi connectivity index (χ4v) is 2.44. The minimum atomic E-state index is -0.711. The van der Waals surface area contributed by atoms with E-state index in [4.69, 9.17) is 4.74 Å². The van der Waals surface area contributed by atoms with Crippen LogP contribution in [0.15, 0.2) is 28.7 Å². The molecule has 0 aliphatic rings. The van der Waals surface area contributed by atoms with Crippen LogP contribution in [0.5, 0.6) is 0 Å². The summed E-state index contributed by atoms with van der Waals surface area (Å²) in [5.74, 6) is -0.266. The molecule has 1 amide bonds. The third kappa shape index (κ3) is 3.15. The Labute approximate surface area is 119 Å². The molecule has 1 heterocycles. The maximum atomic E-state index is 12.0. The maximum absolute atomic E-state index is 12.0. The number of aromatic nitrogens is 1. The van der Waals surface area contributed by atoms with Crippen LogP contribution in [0.2, 0.25) is 0 Å². The summed E-state index contributed by atoms with van der Waals surface area (Å²) < 4.78 is 5.52. The number of rotatable bonds is 5. The lowest BCUT2D eigenvalue weighted by Crippen LogP contribution is -2.34. The second kappa shape index (κ2) is 6.18. The first-order valence-electron chi connectivity index (χ1n) is 5.85. The Morgan fingerprint density at radius 3 is 2.95 bits per heavy atom. The first kappa shape index (κ1) is 14.0. The van der Waals surface area contributed by atoms with Crippen LogP contribution >= 0.6 is 15.9 Å². The topological polar surface area (TPSA) is 74.3 Å². The quantitative estimate of drug-likeness (QED) is 0.782. The van der Waals surface area contributed by atoms with Gasteiger partial charge in [-0.3, -0.25) is 4.79 Å². The molecule has 5 nitrogen and oxygen atoms in total. The number of para-hydroxylation sites is 1. The van der Waals surface area contributed by atoms with E-state index >= 15 is 0 Å². The molecule has 0 aliphatic carbocycles. The molecule has 0 spiro atoms. The van der Waals surface area contributed by atoms with Crippen LogP contribution in [-0.4, -0.2) is 42.4 Å². The van der Waals surface area contributed by atoms with Crippen molar-refractivity contribution in [1.82, 2.24) is 10.3 Å². The number of methoxy groups -OCH3 is 1. The molecule has 1 aromatic heterocycles. The van der Waals surface area contributed by atoms with Crippen LogP contribution in [0.25, 0.3) is 10.9 Å². The third-order valence-corrected chi connectivity index (χ3v) is 3.55. The van der Waals surface area contributed by atoms with E-state index in [2.05, 4.69) is 26.2 Å². The molecule has 1 aromatic carbocycles. The van der Waals surface area contributed by atoms with Crippen molar-refractivity contribution in [3.8, 4) is 0 Å². The lowest BCUT2D eigenvalue weighted by atomic mass is 10.2. The summed E-state index contributed by atoms with van der Waals surface area (Å²) >= 11 is 3.41. The van der Waals surface area contributed by atoms with Crippen molar-refractivity contribution in [2.24, 2.45) is 0 Å². The molecule has 102 valence electrons. The summed E-state index contributed by atoms with van der Waals surface area (Å²) in [5.41, 5.74) is 1.34. The Balaban J connectivity index is 2.11. The third-order valence-electron chi connectivity index (χ3n) is 2.73. The standard InChI is InChI=1S/C13H15BrN2O3/c1-19-7-8(17)6-15-13(18)12-11(14)9-4-2-3-5-10(9)16-12/h2-5,8,16-17H,6-7H2,1H3,(H,15,18). The molecular formula is C13H15BrN2O3. The van der Waals surface area contributed by atoms with Gasteiger partial charge in [-0.1, -0.05) is 18.2 Å². The Kier molecular flexibility index (Phi) is 4.57. The van der Waals surface area contributed by atoms with E-state index in [1.54, 1.807) is 0 Å². The van der Waals surface area contributed by atoms with Crippen molar-refractivity contribution < 1.29 is 14.6 Å². The Bertz CT molecular complexity index is 582. The molecule has 0 fully saturated rings. The van der Waals surface area contributed by atoms with Gasteiger partial charge in [-0.15, -0.1) is 0 Å². The Morgan fingerprint density at radius 1 is 1.53 bits per heavy atom. The number of aromatic amines is 1. The van der Waals surface area contributed by atoms with Crippen LogP contribution < -0.4 is 5.32 Å².